The summed E-state index contributed by atoms with van der Waals surface area (Å²) >= 11 is 3.61. The minimum atomic E-state index is 1.11. The van der Waals surface area contributed by atoms with Gasteiger partial charge in [-0.3, -0.25) is 0 Å². The molecule has 1 aromatic heterocycles. The zero-order valence-electron chi connectivity index (χ0n) is 9.57. The van der Waals surface area contributed by atoms with Gasteiger partial charge >= 0.3 is 0 Å². The van der Waals surface area contributed by atoms with Crippen molar-refractivity contribution >= 4 is 48.5 Å². The highest BCUT2D eigenvalue weighted by molar-refractivity contribution is 9.10. The summed E-state index contributed by atoms with van der Waals surface area (Å²) in [7, 11) is 0. The minimum absolute atomic E-state index is 1.11. The molecule has 0 aliphatic heterocycles. The number of hydrogen-bond acceptors (Lipinski definition) is 0. The standard InChI is InChI=1S/C16H10BrN/c17-14-7-3-6-12-13-9-8-10-4-1-2-5-11(10)15(13)18-16(12)14/h1-9,18H. The van der Waals surface area contributed by atoms with Gasteiger partial charge in [-0.15, -0.1) is 0 Å². The summed E-state index contributed by atoms with van der Waals surface area (Å²) in [6.07, 6.45) is 0. The summed E-state index contributed by atoms with van der Waals surface area (Å²) in [4.78, 5) is 3.54. The topological polar surface area (TPSA) is 15.8 Å². The van der Waals surface area contributed by atoms with Crippen molar-refractivity contribution in [1.82, 2.24) is 4.98 Å². The Hall–Kier alpha value is -1.80. The molecule has 0 saturated heterocycles. The second-order valence-electron chi connectivity index (χ2n) is 4.50. The maximum atomic E-state index is 3.61. The second-order valence-corrected chi connectivity index (χ2v) is 5.35. The van der Waals surface area contributed by atoms with Crippen molar-refractivity contribution < 1.29 is 0 Å². The molecule has 0 saturated carbocycles. The first-order chi connectivity index (χ1) is 8.84. The first kappa shape index (κ1) is 10.2. The third-order valence-corrected chi connectivity index (χ3v) is 4.14. The molecule has 0 atom stereocenters. The molecule has 0 aliphatic rings. The molecular weight excluding hydrogens is 286 g/mol. The summed E-state index contributed by atoms with van der Waals surface area (Å²) in [5, 5.41) is 5.10. The van der Waals surface area contributed by atoms with E-state index < -0.39 is 0 Å². The van der Waals surface area contributed by atoms with Crippen LogP contribution in [0.15, 0.2) is 59.1 Å². The van der Waals surface area contributed by atoms with E-state index >= 15 is 0 Å². The molecule has 0 radical (unpaired) electrons. The Morgan fingerprint density at radius 1 is 0.667 bits per heavy atom. The SMILES string of the molecule is Brc1cccc2c1[nH]c1c3ccccc3ccc21. The van der Waals surface area contributed by atoms with Crippen molar-refractivity contribution in [3.8, 4) is 0 Å². The molecule has 1 N–H and O–H groups in total. The molecule has 18 heavy (non-hydrogen) atoms. The summed E-state index contributed by atoms with van der Waals surface area (Å²) in [6.45, 7) is 0. The normalized spacial score (nSPS) is 11.6. The van der Waals surface area contributed by atoms with Crippen LogP contribution < -0.4 is 0 Å². The van der Waals surface area contributed by atoms with Gasteiger partial charge in [0.05, 0.1) is 11.0 Å². The lowest BCUT2D eigenvalue weighted by Gasteiger charge is -1.98. The largest absolute Gasteiger partial charge is 0.353 e. The number of benzene rings is 3. The fourth-order valence-electron chi connectivity index (χ4n) is 2.63. The number of aromatic nitrogens is 1. The van der Waals surface area contributed by atoms with Crippen molar-refractivity contribution in [3.63, 3.8) is 0 Å². The number of fused-ring (bicyclic) bond motifs is 5. The van der Waals surface area contributed by atoms with Crippen LogP contribution in [0.1, 0.15) is 0 Å². The lowest BCUT2D eigenvalue weighted by molar-refractivity contribution is 1.54. The zero-order valence-corrected chi connectivity index (χ0v) is 11.2. The van der Waals surface area contributed by atoms with Gasteiger partial charge in [0, 0.05) is 20.6 Å². The Morgan fingerprint density at radius 3 is 2.39 bits per heavy atom. The van der Waals surface area contributed by atoms with Crippen LogP contribution in [0, 0.1) is 0 Å². The van der Waals surface area contributed by atoms with E-state index in [1.165, 1.54) is 32.6 Å². The first-order valence-corrected chi connectivity index (χ1v) is 6.71. The maximum Gasteiger partial charge on any atom is 0.0609 e. The van der Waals surface area contributed by atoms with Crippen LogP contribution in [0.25, 0.3) is 32.6 Å². The van der Waals surface area contributed by atoms with Gasteiger partial charge in [-0.1, -0.05) is 48.5 Å². The quantitative estimate of drug-likeness (QED) is 0.457. The van der Waals surface area contributed by atoms with E-state index in [-0.39, 0.29) is 0 Å². The van der Waals surface area contributed by atoms with Gasteiger partial charge in [0.2, 0.25) is 0 Å². The summed E-state index contributed by atoms with van der Waals surface area (Å²) in [5.41, 5.74) is 2.39. The average molecular weight is 296 g/mol. The van der Waals surface area contributed by atoms with Crippen LogP contribution in [-0.4, -0.2) is 4.98 Å². The number of halogens is 1. The fourth-order valence-corrected chi connectivity index (χ4v) is 3.10. The Bertz CT molecular complexity index is 889. The predicted octanol–water partition coefficient (Wildman–Crippen LogP) is 5.24. The molecular formula is C16H10BrN. The van der Waals surface area contributed by atoms with Gasteiger partial charge in [-0.2, -0.15) is 0 Å². The van der Waals surface area contributed by atoms with Gasteiger partial charge < -0.3 is 4.98 Å². The van der Waals surface area contributed by atoms with Crippen LogP contribution >= 0.6 is 15.9 Å². The van der Waals surface area contributed by atoms with E-state index in [2.05, 4.69) is 75.5 Å². The fraction of sp³-hybridized carbons (Fsp3) is 0. The van der Waals surface area contributed by atoms with Crippen LogP contribution in [-0.2, 0) is 0 Å². The van der Waals surface area contributed by atoms with Gasteiger partial charge in [0.25, 0.3) is 0 Å². The van der Waals surface area contributed by atoms with Gasteiger partial charge in [-0.25, -0.2) is 0 Å². The number of rotatable bonds is 0. The van der Waals surface area contributed by atoms with Crippen molar-refractivity contribution in [2.75, 3.05) is 0 Å². The van der Waals surface area contributed by atoms with Crippen molar-refractivity contribution in [1.29, 1.82) is 0 Å². The Labute approximate surface area is 113 Å². The minimum Gasteiger partial charge on any atom is -0.353 e. The first-order valence-electron chi connectivity index (χ1n) is 5.92. The molecule has 0 amide bonds. The summed E-state index contributed by atoms with van der Waals surface area (Å²) in [6, 6.07) is 19.2. The van der Waals surface area contributed by atoms with Crippen LogP contribution in [0.4, 0.5) is 0 Å². The van der Waals surface area contributed by atoms with Gasteiger partial charge in [0.15, 0.2) is 0 Å². The highest BCUT2D eigenvalue weighted by Crippen LogP contribution is 2.33. The van der Waals surface area contributed by atoms with E-state index in [4.69, 9.17) is 0 Å². The number of nitrogens with one attached hydrogen (secondary N) is 1. The number of H-pyrrole nitrogens is 1. The summed E-state index contributed by atoms with van der Waals surface area (Å²) < 4.78 is 1.11. The molecule has 0 aliphatic carbocycles. The third kappa shape index (κ3) is 1.27. The molecule has 0 unspecified atom stereocenters. The Morgan fingerprint density at radius 2 is 1.44 bits per heavy atom. The molecule has 0 spiro atoms. The second kappa shape index (κ2) is 3.59. The number of para-hydroxylation sites is 1. The highest BCUT2D eigenvalue weighted by atomic mass is 79.9. The lowest BCUT2D eigenvalue weighted by Crippen LogP contribution is -1.74. The molecule has 4 aromatic rings. The van der Waals surface area contributed by atoms with Gasteiger partial charge in [-0.05, 0) is 27.4 Å². The maximum absolute atomic E-state index is 3.61. The van der Waals surface area contributed by atoms with Crippen LogP contribution in [0.2, 0.25) is 0 Å². The van der Waals surface area contributed by atoms with Crippen LogP contribution in [0.5, 0.6) is 0 Å². The molecule has 1 heterocycles. The number of aromatic amines is 1. The average Bonchev–Trinajstić information content (AvgIpc) is 2.79. The van der Waals surface area contributed by atoms with E-state index in [0.717, 1.165) is 4.47 Å². The monoisotopic (exact) mass is 295 g/mol. The molecule has 1 nitrogen and oxygen atoms in total. The predicted molar refractivity (Wildman–Crippen MR) is 81.0 cm³/mol. The molecule has 3 aromatic carbocycles. The molecule has 86 valence electrons. The summed E-state index contributed by atoms with van der Waals surface area (Å²) in [5.74, 6) is 0. The van der Waals surface area contributed by atoms with Crippen molar-refractivity contribution in [3.05, 3.63) is 59.1 Å². The van der Waals surface area contributed by atoms with E-state index in [1.54, 1.807) is 0 Å². The highest BCUT2D eigenvalue weighted by Gasteiger charge is 2.08. The smallest absolute Gasteiger partial charge is 0.0609 e. The van der Waals surface area contributed by atoms with Crippen molar-refractivity contribution in [2.45, 2.75) is 0 Å². The molecule has 0 fully saturated rings. The molecule has 0 bridgehead atoms. The molecule has 4 rings (SSSR count). The zero-order chi connectivity index (χ0) is 12.1. The third-order valence-electron chi connectivity index (χ3n) is 3.48. The Balaban J connectivity index is 2.33. The van der Waals surface area contributed by atoms with E-state index in [9.17, 15) is 0 Å². The van der Waals surface area contributed by atoms with Crippen molar-refractivity contribution in [2.24, 2.45) is 0 Å². The van der Waals surface area contributed by atoms with Crippen LogP contribution in [0.3, 0.4) is 0 Å². The van der Waals surface area contributed by atoms with Gasteiger partial charge in [0.1, 0.15) is 0 Å². The van der Waals surface area contributed by atoms with E-state index in [0.29, 0.717) is 0 Å². The molecule has 2 heteroatoms. The van der Waals surface area contributed by atoms with E-state index in [1.807, 2.05) is 0 Å². The lowest BCUT2D eigenvalue weighted by atomic mass is 10.1. The number of hydrogen-bond donors (Lipinski definition) is 1. The Kier molecular flexibility index (Phi) is 2.03.